The van der Waals surface area contributed by atoms with Crippen LogP contribution in [0.4, 0.5) is 0 Å². The predicted octanol–water partition coefficient (Wildman–Crippen LogP) is 2.41. The molecule has 1 fully saturated rings. The Balaban J connectivity index is 1.80. The molecule has 1 aliphatic heterocycles. The minimum atomic E-state index is -3.15. The van der Waals surface area contributed by atoms with Crippen molar-refractivity contribution in [3.05, 3.63) is 34.9 Å². The van der Waals surface area contributed by atoms with E-state index in [0.29, 0.717) is 43.9 Å². The predicted molar refractivity (Wildman–Crippen MR) is 91.7 cm³/mol. The maximum absolute atomic E-state index is 12.2. The molecule has 23 heavy (non-hydrogen) atoms. The third-order valence-corrected chi connectivity index (χ3v) is 6.39. The minimum Gasteiger partial charge on any atom is -0.352 e. The number of amides is 1. The molecule has 7 heteroatoms. The summed E-state index contributed by atoms with van der Waals surface area (Å²) in [6, 6.07) is 7.34. The Kier molecular flexibility index (Phi) is 6.44. The highest BCUT2D eigenvalue weighted by Crippen LogP contribution is 2.20. The summed E-state index contributed by atoms with van der Waals surface area (Å²) in [5, 5.41) is 3.58. The first-order valence-electron chi connectivity index (χ1n) is 7.92. The molecule has 1 saturated heterocycles. The van der Waals surface area contributed by atoms with Crippen molar-refractivity contribution in [1.29, 1.82) is 0 Å². The third kappa shape index (κ3) is 5.19. The zero-order chi connectivity index (χ0) is 16.9. The van der Waals surface area contributed by atoms with Gasteiger partial charge in [0.15, 0.2) is 0 Å². The molecule has 128 valence electrons. The van der Waals surface area contributed by atoms with Gasteiger partial charge in [-0.05, 0) is 37.0 Å². The van der Waals surface area contributed by atoms with Crippen LogP contribution in [0.5, 0.6) is 0 Å². The van der Waals surface area contributed by atoms with E-state index in [2.05, 4.69) is 5.32 Å². The fraction of sp³-hybridized carbons (Fsp3) is 0.562. The normalized spacial score (nSPS) is 17.1. The zero-order valence-corrected chi connectivity index (χ0v) is 14.9. The van der Waals surface area contributed by atoms with Gasteiger partial charge in [0.1, 0.15) is 0 Å². The van der Waals surface area contributed by atoms with Gasteiger partial charge in [0.05, 0.1) is 5.75 Å². The second-order valence-electron chi connectivity index (χ2n) is 5.83. The highest BCUT2D eigenvalue weighted by molar-refractivity contribution is 7.89. The molecule has 1 aliphatic rings. The van der Waals surface area contributed by atoms with Gasteiger partial charge in [-0.25, -0.2) is 12.7 Å². The summed E-state index contributed by atoms with van der Waals surface area (Å²) in [6.45, 7) is 3.18. The molecule has 5 nitrogen and oxygen atoms in total. The molecule has 0 spiro atoms. The van der Waals surface area contributed by atoms with Crippen molar-refractivity contribution in [2.45, 2.75) is 32.7 Å². The summed E-state index contributed by atoms with van der Waals surface area (Å²) in [6.07, 6.45) is 1.77. The molecule has 0 radical (unpaired) electrons. The van der Waals surface area contributed by atoms with Crippen LogP contribution < -0.4 is 5.32 Å². The molecule has 1 heterocycles. The number of piperidine rings is 1. The van der Waals surface area contributed by atoms with Crippen molar-refractivity contribution < 1.29 is 13.2 Å². The van der Waals surface area contributed by atoms with Crippen molar-refractivity contribution in [1.82, 2.24) is 9.62 Å². The van der Waals surface area contributed by atoms with Gasteiger partial charge >= 0.3 is 0 Å². The Morgan fingerprint density at radius 3 is 2.43 bits per heavy atom. The second-order valence-corrected chi connectivity index (χ2v) is 8.36. The quantitative estimate of drug-likeness (QED) is 0.849. The Morgan fingerprint density at radius 1 is 1.26 bits per heavy atom. The summed E-state index contributed by atoms with van der Waals surface area (Å²) < 4.78 is 25.5. The lowest BCUT2D eigenvalue weighted by Gasteiger charge is -2.30. The van der Waals surface area contributed by atoms with Crippen LogP contribution in [0.1, 0.15) is 31.7 Å². The van der Waals surface area contributed by atoms with Gasteiger partial charge in [0.25, 0.3) is 0 Å². The van der Waals surface area contributed by atoms with E-state index in [0.717, 1.165) is 5.56 Å². The standard InChI is InChI=1S/C16H23ClN2O3S/c1-2-11-23(21,22)19-9-7-14(8-10-19)16(20)18-12-13-3-5-15(17)6-4-13/h3-6,14H,2,7-12H2,1H3,(H,18,20). The molecular weight excluding hydrogens is 336 g/mol. The number of carbonyl (C=O) groups is 1. The van der Waals surface area contributed by atoms with Gasteiger partial charge in [-0.3, -0.25) is 4.79 Å². The number of hydrogen-bond acceptors (Lipinski definition) is 3. The van der Waals surface area contributed by atoms with Gasteiger partial charge < -0.3 is 5.32 Å². The Morgan fingerprint density at radius 2 is 1.87 bits per heavy atom. The molecule has 0 aliphatic carbocycles. The van der Waals surface area contributed by atoms with Crippen molar-refractivity contribution in [3.63, 3.8) is 0 Å². The molecule has 0 bridgehead atoms. The third-order valence-electron chi connectivity index (χ3n) is 4.06. The first-order valence-corrected chi connectivity index (χ1v) is 9.91. The summed E-state index contributed by atoms with van der Waals surface area (Å²) >= 11 is 5.83. The maximum Gasteiger partial charge on any atom is 0.223 e. The van der Waals surface area contributed by atoms with Crippen molar-refractivity contribution in [2.24, 2.45) is 5.92 Å². The maximum atomic E-state index is 12.2. The molecule has 0 atom stereocenters. The van der Waals surface area contributed by atoms with Crippen LogP contribution in [0, 0.1) is 5.92 Å². The van der Waals surface area contributed by atoms with Crippen molar-refractivity contribution in [2.75, 3.05) is 18.8 Å². The average molecular weight is 359 g/mol. The van der Waals surface area contributed by atoms with Crippen molar-refractivity contribution >= 4 is 27.5 Å². The van der Waals surface area contributed by atoms with Crippen LogP contribution in [0.3, 0.4) is 0 Å². The van der Waals surface area contributed by atoms with E-state index in [1.54, 1.807) is 12.1 Å². The molecular formula is C16H23ClN2O3S. The average Bonchev–Trinajstić information content (AvgIpc) is 2.54. The lowest BCUT2D eigenvalue weighted by molar-refractivity contribution is -0.126. The fourth-order valence-corrected chi connectivity index (χ4v) is 4.39. The SMILES string of the molecule is CCCS(=O)(=O)N1CCC(C(=O)NCc2ccc(Cl)cc2)CC1. The Hall–Kier alpha value is -1.11. The minimum absolute atomic E-state index is 0.00695. The zero-order valence-electron chi connectivity index (χ0n) is 13.3. The topological polar surface area (TPSA) is 66.5 Å². The summed E-state index contributed by atoms with van der Waals surface area (Å²) in [5.74, 6) is 0.0586. The number of halogens is 1. The molecule has 1 aromatic rings. The highest BCUT2D eigenvalue weighted by atomic mass is 35.5. The van der Waals surface area contributed by atoms with E-state index in [-0.39, 0.29) is 17.6 Å². The number of nitrogens with one attached hydrogen (secondary N) is 1. The van der Waals surface area contributed by atoms with Crippen molar-refractivity contribution in [3.8, 4) is 0 Å². The fourth-order valence-electron chi connectivity index (χ4n) is 2.72. The second kappa shape index (κ2) is 8.13. The number of sulfonamides is 1. The summed E-state index contributed by atoms with van der Waals surface area (Å²) in [7, 11) is -3.15. The Labute approximate surface area is 143 Å². The van der Waals surface area contributed by atoms with Crippen LogP contribution >= 0.6 is 11.6 Å². The first-order chi connectivity index (χ1) is 10.9. The monoisotopic (exact) mass is 358 g/mol. The van der Waals surface area contributed by atoms with Gasteiger partial charge in [-0.2, -0.15) is 0 Å². The smallest absolute Gasteiger partial charge is 0.223 e. The van der Waals surface area contributed by atoms with Gasteiger partial charge in [0, 0.05) is 30.6 Å². The lowest BCUT2D eigenvalue weighted by atomic mass is 9.97. The van der Waals surface area contributed by atoms with E-state index in [9.17, 15) is 13.2 Å². The van der Waals surface area contributed by atoms with Gasteiger partial charge in [-0.1, -0.05) is 30.7 Å². The van der Waals surface area contributed by atoms with Crippen LogP contribution in [0.25, 0.3) is 0 Å². The van der Waals surface area contributed by atoms with Gasteiger partial charge in [0.2, 0.25) is 15.9 Å². The molecule has 1 amide bonds. The number of rotatable bonds is 6. The van der Waals surface area contributed by atoms with E-state index in [1.807, 2.05) is 19.1 Å². The molecule has 2 rings (SSSR count). The molecule has 0 saturated carbocycles. The van der Waals surface area contributed by atoms with E-state index in [4.69, 9.17) is 11.6 Å². The summed E-state index contributed by atoms with van der Waals surface area (Å²) in [4.78, 5) is 12.2. The van der Waals surface area contributed by atoms with Crippen LogP contribution in [0.2, 0.25) is 5.02 Å². The number of hydrogen-bond donors (Lipinski definition) is 1. The Bertz CT molecular complexity index is 623. The molecule has 1 N–H and O–H groups in total. The number of benzene rings is 1. The molecule has 0 unspecified atom stereocenters. The van der Waals surface area contributed by atoms with E-state index < -0.39 is 10.0 Å². The first kappa shape index (κ1) is 18.2. The molecule has 0 aromatic heterocycles. The lowest BCUT2D eigenvalue weighted by Crippen LogP contribution is -2.43. The van der Waals surface area contributed by atoms with E-state index in [1.165, 1.54) is 4.31 Å². The highest BCUT2D eigenvalue weighted by Gasteiger charge is 2.30. The van der Waals surface area contributed by atoms with Crippen LogP contribution in [0.15, 0.2) is 24.3 Å². The number of carbonyl (C=O) groups excluding carboxylic acids is 1. The largest absolute Gasteiger partial charge is 0.352 e. The molecule has 1 aromatic carbocycles. The van der Waals surface area contributed by atoms with E-state index >= 15 is 0 Å². The number of nitrogens with zero attached hydrogens (tertiary/aromatic N) is 1. The van der Waals surface area contributed by atoms with Crippen LogP contribution in [-0.2, 0) is 21.4 Å². The van der Waals surface area contributed by atoms with Crippen LogP contribution in [-0.4, -0.2) is 37.5 Å². The summed E-state index contributed by atoms with van der Waals surface area (Å²) in [5.41, 5.74) is 0.991. The van der Waals surface area contributed by atoms with Gasteiger partial charge in [-0.15, -0.1) is 0 Å².